The molecule has 0 aliphatic rings. The first-order valence-electron chi connectivity index (χ1n) is 7.24. The van der Waals surface area contributed by atoms with Crippen molar-refractivity contribution in [2.45, 2.75) is 26.2 Å². The van der Waals surface area contributed by atoms with E-state index in [-0.39, 0.29) is 0 Å². The van der Waals surface area contributed by atoms with E-state index >= 15 is 0 Å². The van der Waals surface area contributed by atoms with Crippen LogP contribution in [0.15, 0.2) is 18.3 Å². The number of hydrogen-bond donors (Lipinski definition) is 0. The number of rotatable bonds is 6. The number of methoxy groups -OCH3 is 1. The molecule has 7 nitrogen and oxygen atoms in total. The molecular weight excluding hydrogens is 282 g/mol. The fourth-order valence-electron chi connectivity index (χ4n) is 1.95. The van der Waals surface area contributed by atoms with Crippen LogP contribution < -0.4 is 4.90 Å². The summed E-state index contributed by atoms with van der Waals surface area (Å²) < 4.78 is 6.40. The van der Waals surface area contributed by atoms with Crippen LogP contribution >= 0.6 is 0 Å². The molecular formula is C15H21N5O2. The monoisotopic (exact) mass is 303 g/mol. The SMILES string of the molecule is CCCCc1nc(N(C)C)nn1-c1ccc(C(=O)OC)cn1. The van der Waals surface area contributed by atoms with E-state index in [1.54, 1.807) is 16.8 Å². The molecule has 0 saturated heterocycles. The maximum absolute atomic E-state index is 11.5. The second kappa shape index (κ2) is 7.02. The lowest BCUT2D eigenvalue weighted by Crippen LogP contribution is -2.11. The van der Waals surface area contributed by atoms with Crippen molar-refractivity contribution >= 4 is 11.9 Å². The Morgan fingerprint density at radius 2 is 2.14 bits per heavy atom. The predicted molar refractivity (Wildman–Crippen MR) is 83.4 cm³/mol. The minimum atomic E-state index is -0.405. The molecule has 2 heterocycles. The first kappa shape index (κ1) is 15.9. The van der Waals surface area contributed by atoms with E-state index in [1.807, 2.05) is 19.0 Å². The number of aromatic nitrogens is 4. The number of carbonyl (C=O) groups is 1. The van der Waals surface area contributed by atoms with Gasteiger partial charge in [-0.3, -0.25) is 0 Å². The predicted octanol–water partition coefficient (Wildman–Crippen LogP) is 1.86. The molecule has 0 N–H and O–H groups in total. The van der Waals surface area contributed by atoms with Gasteiger partial charge >= 0.3 is 5.97 Å². The highest BCUT2D eigenvalue weighted by atomic mass is 16.5. The molecule has 2 aromatic rings. The van der Waals surface area contributed by atoms with Gasteiger partial charge in [0, 0.05) is 26.7 Å². The van der Waals surface area contributed by atoms with Crippen molar-refractivity contribution < 1.29 is 9.53 Å². The highest BCUT2D eigenvalue weighted by Gasteiger charge is 2.14. The summed E-state index contributed by atoms with van der Waals surface area (Å²) in [6.07, 6.45) is 4.43. The average molecular weight is 303 g/mol. The van der Waals surface area contributed by atoms with Crippen LogP contribution in [0.4, 0.5) is 5.95 Å². The van der Waals surface area contributed by atoms with E-state index < -0.39 is 5.97 Å². The van der Waals surface area contributed by atoms with Crippen LogP contribution in [0, 0.1) is 0 Å². The number of carbonyl (C=O) groups excluding carboxylic acids is 1. The van der Waals surface area contributed by atoms with Crippen molar-refractivity contribution in [3.8, 4) is 5.82 Å². The molecule has 0 unspecified atom stereocenters. The quantitative estimate of drug-likeness (QED) is 0.758. The molecule has 0 spiro atoms. The molecule has 0 aromatic carbocycles. The Bertz CT molecular complexity index is 634. The Balaban J connectivity index is 2.35. The summed E-state index contributed by atoms with van der Waals surface area (Å²) in [5, 5.41) is 4.48. The molecule has 0 aliphatic heterocycles. The number of pyridine rings is 1. The lowest BCUT2D eigenvalue weighted by atomic mass is 10.2. The number of anilines is 1. The third-order valence-electron chi connectivity index (χ3n) is 3.20. The standard InChI is InChI=1S/C15H21N5O2/c1-5-6-7-13-17-15(19(2)3)18-20(13)12-9-8-11(10-16-12)14(21)22-4/h8-10H,5-7H2,1-4H3. The van der Waals surface area contributed by atoms with Crippen molar-refractivity contribution in [2.75, 3.05) is 26.1 Å². The second-order valence-electron chi connectivity index (χ2n) is 5.13. The molecule has 0 aliphatic carbocycles. The first-order valence-corrected chi connectivity index (χ1v) is 7.24. The number of nitrogens with zero attached hydrogens (tertiary/aromatic N) is 5. The smallest absolute Gasteiger partial charge is 0.339 e. The second-order valence-corrected chi connectivity index (χ2v) is 5.13. The van der Waals surface area contributed by atoms with Gasteiger partial charge in [0.05, 0.1) is 12.7 Å². The zero-order valence-electron chi connectivity index (χ0n) is 13.4. The molecule has 22 heavy (non-hydrogen) atoms. The van der Waals surface area contributed by atoms with Crippen LogP contribution in [0.1, 0.15) is 35.9 Å². The molecule has 118 valence electrons. The van der Waals surface area contributed by atoms with Crippen molar-refractivity contribution in [3.05, 3.63) is 29.7 Å². The maximum atomic E-state index is 11.5. The van der Waals surface area contributed by atoms with E-state index in [4.69, 9.17) is 0 Å². The van der Waals surface area contributed by atoms with Crippen LogP contribution in [0.25, 0.3) is 5.82 Å². The number of hydrogen-bond acceptors (Lipinski definition) is 6. The van der Waals surface area contributed by atoms with Crippen LogP contribution in [0.5, 0.6) is 0 Å². The van der Waals surface area contributed by atoms with Gasteiger partial charge in [0.25, 0.3) is 0 Å². The molecule has 0 atom stereocenters. The summed E-state index contributed by atoms with van der Waals surface area (Å²) in [5.74, 6) is 1.74. The van der Waals surface area contributed by atoms with Gasteiger partial charge in [-0.05, 0) is 18.6 Å². The Hall–Kier alpha value is -2.44. The zero-order valence-corrected chi connectivity index (χ0v) is 13.4. The summed E-state index contributed by atoms with van der Waals surface area (Å²) in [6.45, 7) is 2.14. The third kappa shape index (κ3) is 3.41. The molecule has 0 fully saturated rings. The van der Waals surface area contributed by atoms with Crippen molar-refractivity contribution in [3.63, 3.8) is 0 Å². The molecule has 2 aromatic heterocycles. The maximum Gasteiger partial charge on any atom is 0.339 e. The van der Waals surface area contributed by atoms with Gasteiger partial charge in [-0.25, -0.2) is 9.78 Å². The van der Waals surface area contributed by atoms with E-state index in [0.717, 1.165) is 25.1 Å². The molecule has 0 amide bonds. The highest BCUT2D eigenvalue weighted by Crippen LogP contribution is 2.14. The van der Waals surface area contributed by atoms with Gasteiger partial charge in [-0.2, -0.15) is 9.67 Å². The molecule has 0 saturated carbocycles. The van der Waals surface area contributed by atoms with E-state index in [0.29, 0.717) is 17.3 Å². The summed E-state index contributed by atoms with van der Waals surface area (Å²) in [7, 11) is 5.15. The van der Waals surface area contributed by atoms with E-state index in [2.05, 4.69) is 26.7 Å². The van der Waals surface area contributed by atoms with Crippen molar-refractivity contribution in [1.29, 1.82) is 0 Å². The first-order chi connectivity index (χ1) is 10.6. The Kier molecular flexibility index (Phi) is 5.08. The largest absolute Gasteiger partial charge is 0.465 e. The molecule has 7 heteroatoms. The summed E-state index contributed by atoms with van der Waals surface area (Å²) in [4.78, 5) is 22.2. The summed E-state index contributed by atoms with van der Waals surface area (Å²) >= 11 is 0. The molecule has 0 radical (unpaired) electrons. The number of unbranched alkanes of at least 4 members (excludes halogenated alkanes) is 1. The van der Waals surface area contributed by atoms with Gasteiger partial charge in [-0.15, -0.1) is 5.10 Å². The number of esters is 1. The van der Waals surface area contributed by atoms with Gasteiger partial charge in [0.15, 0.2) is 5.82 Å². The van der Waals surface area contributed by atoms with Gasteiger partial charge in [0.2, 0.25) is 5.95 Å². The van der Waals surface area contributed by atoms with Crippen LogP contribution in [0.3, 0.4) is 0 Å². The van der Waals surface area contributed by atoms with Crippen molar-refractivity contribution in [2.24, 2.45) is 0 Å². The zero-order chi connectivity index (χ0) is 16.1. The fraction of sp³-hybridized carbons (Fsp3) is 0.467. The summed E-state index contributed by atoms with van der Waals surface area (Å²) in [5.41, 5.74) is 0.411. The molecule has 0 bridgehead atoms. The Morgan fingerprint density at radius 1 is 1.36 bits per heavy atom. The molecule has 2 rings (SSSR count). The fourth-order valence-corrected chi connectivity index (χ4v) is 1.95. The van der Waals surface area contributed by atoms with Gasteiger partial charge in [0.1, 0.15) is 5.82 Å². The van der Waals surface area contributed by atoms with E-state index in [1.165, 1.54) is 13.3 Å². The van der Waals surface area contributed by atoms with E-state index in [9.17, 15) is 4.79 Å². The van der Waals surface area contributed by atoms with Gasteiger partial charge < -0.3 is 9.64 Å². The Morgan fingerprint density at radius 3 is 2.68 bits per heavy atom. The normalized spacial score (nSPS) is 10.5. The number of aryl methyl sites for hydroxylation is 1. The lowest BCUT2D eigenvalue weighted by molar-refractivity contribution is 0.0600. The topological polar surface area (TPSA) is 73.1 Å². The summed E-state index contributed by atoms with van der Waals surface area (Å²) in [6, 6.07) is 3.42. The van der Waals surface area contributed by atoms with Crippen molar-refractivity contribution in [1.82, 2.24) is 19.7 Å². The minimum absolute atomic E-state index is 0.405. The minimum Gasteiger partial charge on any atom is -0.465 e. The van der Waals surface area contributed by atoms with Gasteiger partial charge in [-0.1, -0.05) is 13.3 Å². The lowest BCUT2D eigenvalue weighted by Gasteiger charge is -2.05. The average Bonchev–Trinajstić information content (AvgIpc) is 2.96. The third-order valence-corrected chi connectivity index (χ3v) is 3.20. The number of ether oxygens (including phenoxy) is 1. The van der Waals surface area contributed by atoms with Crippen LogP contribution in [0.2, 0.25) is 0 Å². The highest BCUT2D eigenvalue weighted by molar-refractivity contribution is 5.88. The van der Waals surface area contributed by atoms with Crippen LogP contribution in [-0.2, 0) is 11.2 Å². The Labute approximate surface area is 129 Å². The van der Waals surface area contributed by atoms with Crippen LogP contribution in [-0.4, -0.2) is 46.9 Å².